The van der Waals surface area contributed by atoms with Crippen LogP contribution in [0.3, 0.4) is 0 Å². The van der Waals surface area contributed by atoms with Crippen molar-refractivity contribution in [2.45, 2.75) is 81.8 Å². The third-order valence-corrected chi connectivity index (χ3v) is 8.46. The first-order chi connectivity index (χ1) is 21.1. The number of ether oxygens (including phenoxy) is 1. The van der Waals surface area contributed by atoms with Gasteiger partial charge in [0.25, 0.3) is 5.91 Å². The van der Waals surface area contributed by atoms with Crippen molar-refractivity contribution in [3.8, 4) is 5.69 Å². The molecule has 0 unspecified atom stereocenters. The fourth-order valence-electron chi connectivity index (χ4n) is 4.94. The van der Waals surface area contributed by atoms with Gasteiger partial charge in [-0.1, -0.05) is 30.0 Å². The number of hydrogen-bond acceptors (Lipinski definition) is 12. The van der Waals surface area contributed by atoms with Gasteiger partial charge in [-0.2, -0.15) is 4.68 Å². The van der Waals surface area contributed by atoms with Gasteiger partial charge in [-0.05, 0) is 62.6 Å². The van der Waals surface area contributed by atoms with E-state index < -0.39 is 69.6 Å². The number of hydrazine groups is 1. The van der Waals surface area contributed by atoms with Gasteiger partial charge in [-0.25, -0.2) is 18.1 Å². The maximum atomic E-state index is 13.7. The lowest BCUT2D eigenvalue weighted by atomic mass is 10.0. The minimum atomic E-state index is -3.81. The molecule has 3 atom stereocenters. The van der Waals surface area contributed by atoms with E-state index in [9.17, 15) is 32.4 Å². The Kier molecular flexibility index (Phi) is 10.6. The molecule has 2 aliphatic rings. The Morgan fingerprint density at radius 2 is 1.84 bits per heavy atom. The first-order valence-electron chi connectivity index (χ1n) is 14.2. The van der Waals surface area contributed by atoms with Crippen LogP contribution in [0.5, 0.6) is 0 Å². The number of esters is 1. The number of ketones is 1. The number of nitrogens with zero attached hydrogens (tertiary/aromatic N) is 6. The molecular weight excluding hydrogens is 628 g/mol. The number of amides is 3. The lowest BCUT2D eigenvalue weighted by Crippen LogP contribution is -2.64. The van der Waals surface area contributed by atoms with Crippen LogP contribution < -0.4 is 10.0 Å². The summed E-state index contributed by atoms with van der Waals surface area (Å²) in [5.41, 5.74) is -0.191. The molecule has 45 heavy (non-hydrogen) atoms. The topological polar surface area (TPSA) is 203 Å². The summed E-state index contributed by atoms with van der Waals surface area (Å²) in [6, 6.07) is 5.17. The molecule has 18 heteroatoms. The van der Waals surface area contributed by atoms with E-state index in [0.29, 0.717) is 17.3 Å². The highest BCUT2D eigenvalue weighted by molar-refractivity contribution is 7.99. The number of Topliss-reactive ketones (excluding diaryl/α,β-unsaturated/α-hetero) is 1. The molecule has 244 valence electrons. The number of thioether (sulfide) groups is 1. The smallest absolute Gasteiger partial charge is 0.308 e. The van der Waals surface area contributed by atoms with Crippen molar-refractivity contribution in [1.29, 1.82) is 0 Å². The first kappa shape index (κ1) is 34.0. The second-order valence-corrected chi connectivity index (χ2v) is 14.4. The number of carbonyl (C=O) groups excluding carboxylic acids is 5. The molecule has 0 radical (unpaired) electrons. The van der Waals surface area contributed by atoms with Gasteiger partial charge in [0, 0.05) is 13.0 Å². The normalized spacial score (nSPS) is 19.8. The lowest BCUT2D eigenvalue weighted by molar-refractivity contribution is -0.176. The predicted octanol–water partition coefficient (Wildman–Crippen LogP) is -0.0137. The highest BCUT2D eigenvalue weighted by atomic mass is 32.2. The molecule has 2 fully saturated rings. The van der Waals surface area contributed by atoms with Gasteiger partial charge in [-0.15, -0.1) is 5.10 Å². The molecule has 0 bridgehead atoms. The van der Waals surface area contributed by atoms with E-state index in [4.69, 9.17) is 4.74 Å². The van der Waals surface area contributed by atoms with E-state index in [1.807, 2.05) is 6.07 Å². The number of para-hydroxylation sites is 1. The summed E-state index contributed by atoms with van der Waals surface area (Å²) >= 11 is 1.01. The van der Waals surface area contributed by atoms with Crippen LogP contribution >= 0.6 is 11.8 Å². The molecule has 1 aromatic heterocycles. The zero-order chi connectivity index (χ0) is 32.9. The first-order valence-corrected chi connectivity index (χ1v) is 17.1. The van der Waals surface area contributed by atoms with Gasteiger partial charge < -0.3 is 10.1 Å². The lowest BCUT2D eigenvalue weighted by Gasteiger charge is -2.43. The number of aromatic nitrogens is 4. The van der Waals surface area contributed by atoms with Gasteiger partial charge >= 0.3 is 5.97 Å². The van der Waals surface area contributed by atoms with Crippen LogP contribution in [0.2, 0.25) is 0 Å². The summed E-state index contributed by atoms with van der Waals surface area (Å²) in [5.74, 6) is -3.47. The Balaban J connectivity index is 1.55. The molecule has 16 nitrogen and oxygen atoms in total. The van der Waals surface area contributed by atoms with Crippen molar-refractivity contribution in [3.05, 3.63) is 30.3 Å². The molecule has 3 amide bonds. The monoisotopic (exact) mass is 664 g/mol. The molecule has 2 aromatic rings. The van der Waals surface area contributed by atoms with Crippen molar-refractivity contribution in [2.75, 3.05) is 18.6 Å². The summed E-state index contributed by atoms with van der Waals surface area (Å²) in [6.45, 7) is 5.16. The van der Waals surface area contributed by atoms with E-state index in [1.165, 1.54) is 4.68 Å². The maximum Gasteiger partial charge on any atom is 0.308 e. The number of sulfonamides is 1. The number of benzene rings is 1. The molecule has 4 rings (SSSR count). The van der Waals surface area contributed by atoms with Crippen molar-refractivity contribution < 1.29 is 37.1 Å². The van der Waals surface area contributed by atoms with Crippen molar-refractivity contribution in [1.82, 2.24) is 40.3 Å². The van der Waals surface area contributed by atoms with Gasteiger partial charge in [0.1, 0.15) is 17.7 Å². The molecule has 3 heterocycles. The number of hydrogen-bond donors (Lipinski definition) is 2. The van der Waals surface area contributed by atoms with Gasteiger partial charge in [0.05, 0.1) is 30.2 Å². The molecule has 0 aliphatic carbocycles. The Labute approximate surface area is 264 Å². The SMILES string of the molecule is CC(C)(C)OC(=O)C[C@H](NC(=O)[C@@H]1CCCN2C(=O)CC[C@H](NS(C)(=O)=O)C(=O)N12)C(=O)CSc1nnnn1-c1ccccc1. The molecule has 0 saturated carbocycles. The Bertz CT molecular complexity index is 1540. The van der Waals surface area contributed by atoms with Crippen LogP contribution in [0, 0.1) is 0 Å². The van der Waals surface area contributed by atoms with E-state index in [0.717, 1.165) is 28.0 Å². The van der Waals surface area contributed by atoms with Crippen LogP contribution in [0.4, 0.5) is 0 Å². The average molecular weight is 665 g/mol. The standard InChI is InChI=1S/C27H36N8O8S2/c1-27(2,3)43-23(38)15-19(21(36)16-44-26-29-31-32-34(26)17-9-6-5-7-10-17)28-24(39)20-11-8-14-33-22(37)13-12-18(25(40)35(20)33)30-45(4,41)42/h5-7,9-10,18-20,30H,8,11-16H2,1-4H3,(H,28,39)/t18-,19-,20-/m0/s1. The minimum Gasteiger partial charge on any atom is -0.460 e. The average Bonchev–Trinajstić information content (AvgIpc) is 3.40. The predicted molar refractivity (Wildman–Crippen MR) is 160 cm³/mol. The maximum absolute atomic E-state index is 13.7. The largest absolute Gasteiger partial charge is 0.460 e. The van der Waals surface area contributed by atoms with E-state index in [-0.39, 0.29) is 31.6 Å². The molecule has 0 spiro atoms. The van der Waals surface area contributed by atoms with E-state index in [2.05, 4.69) is 25.6 Å². The summed E-state index contributed by atoms with van der Waals surface area (Å²) < 4.78 is 32.9. The summed E-state index contributed by atoms with van der Waals surface area (Å²) in [4.78, 5) is 66.5. The molecular formula is C27H36N8O8S2. The highest BCUT2D eigenvalue weighted by Gasteiger charge is 2.45. The van der Waals surface area contributed by atoms with Crippen molar-refractivity contribution >= 4 is 51.3 Å². The molecule has 1 aromatic carbocycles. The second kappa shape index (κ2) is 14.0. The summed E-state index contributed by atoms with van der Waals surface area (Å²) in [5, 5.41) is 16.7. The fourth-order valence-corrected chi connectivity index (χ4v) is 6.51. The summed E-state index contributed by atoms with van der Waals surface area (Å²) in [7, 11) is -3.81. The number of carbonyl (C=O) groups is 5. The van der Waals surface area contributed by atoms with Gasteiger partial charge in [-0.3, -0.25) is 29.0 Å². The Morgan fingerprint density at radius 1 is 1.13 bits per heavy atom. The molecule has 2 saturated heterocycles. The van der Waals surface area contributed by atoms with Crippen LogP contribution in [-0.4, -0.2) is 110 Å². The Morgan fingerprint density at radius 3 is 2.51 bits per heavy atom. The van der Waals surface area contributed by atoms with Crippen molar-refractivity contribution in [3.63, 3.8) is 0 Å². The van der Waals surface area contributed by atoms with Crippen LogP contribution in [0.15, 0.2) is 35.5 Å². The fraction of sp³-hybridized carbons (Fsp3) is 0.556. The summed E-state index contributed by atoms with van der Waals surface area (Å²) in [6.07, 6.45) is 0.734. The number of tetrazole rings is 1. The second-order valence-electron chi connectivity index (χ2n) is 11.7. The zero-order valence-corrected chi connectivity index (χ0v) is 27.0. The van der Waals surface area contributed by atoms with Crippen LogP contribution in [0.25, 0.3) is 5.69 Å². The van der Waals surface area contributed by atoms with Crippen LogP contribution in [-0.2, 0) is 38.7 Å². The Hall–Kier alpha value is -3.90. The van der Waals surface area contributed by atoms with E-state index in [1.54, 1.807) is 45.0 Å². The minimum absolute atomic E-state index is 0.0779. The third kappa shape index (κ3) is 9.07. The molecule has 2 aliphatic heterocycles. The third-order valence-electron chi connectivity index (χ3n) is 6.80. The van der Waals surface area contributed by atoms with Gasteiger partial charge in [0.2, 0.25) is 27.0 Å². The number of nitrogens with one attached hydrogen (secondary N) is 2. The quantitative estimate of drug-likeness (QED) is 0.241. The number of fused-ring (bicyclic) bond motifs is 1. The number of rotatable bonds is 11. The van der Waals surface area contributed by atoms with Crippen LogP contribution in [0.1, 0.15) is 52.9 Å². The van der Waals surface area contributed by atoms with E-state index >= 15 is 0 Å². The highest BCUT2D eigenvalue weighted by Crippen LogP contribution is 2.26. The van der Waals surface area contributed by atoms with Crippen molar-refractivity contribution in [2.24, 2.45) is 0 Å². The van der Waals surface area contributed by atoms with Gasteiger partial charge in [0.15, 0.2) is 5.78 Å². The zero-order valence-electron chi connectivity index (χ0n) is 25.3. The molecule has 2 N–H and O–H groups in total.